The van der Waals surface area contributed by atoms with Crippen LogP contribution in [0.2, 0.25) is 0 Å². The molecule has 0 fully saturated rings. The zero-order valence-corrected chi connectivity index (χ0v) is 12.3. The molecule has 94 valence electrons. The van der Waals surface area contributed by atoms with E-state index in [0.717, 1.165) is 6.54 Å². The normalized spacial score (nSPS) is 27.9. The Hall–Kier alpha value is -0.470. The van der Waals surface area contributed by atoms with E-state index in [1.807, 2.05) is 11.8 Å². The molecule has 0 bridgehead atoms. The Bertz CT molecular complexity index is 414. The van der Waals surface area contributed by atoms with Gasteiger partial charge in [-0.15, -0.1) is 11.8 Å². The topological polar surface area (TPSA) is 12.0 Å². The Morgan fingerprint density at radius 1 is 1.24 bits per heavy atom. The van der Waals surface area contributed by atoms with Crippen molar-refractivity contribution >= 4 is 11.8 Å². The average Bonchev–Trinajstić information content (AvgIpc) is 2.26. The Balaban J connectivity index is 2.49. The lowest BCUT2D eigenvalue weighted by Crippen LogP contribution is -2.34. The van der Waals surface area contributed by atoms with Crippen molar-refractivity contribution in [1.82, 2.24) is 5.32 Å². The summed E-state index contributed by atoms with van der Waals surface area (Å²) in [7, 11) is 0. The van der Waals surface area contributed by atoms with E-state index in [1.165, 1.54) is 21.6 Å². The van der Waals surface area contributed by atoms with Crippen molar-refractivity contribution in [2.75, 3.05) is 6.54 Å². The molecule has 0 spiro atoms. The largest absolute Gasteiger partial charge is 0.310 e. The molecule has 1 aliphatic heterocycles. The fourth-order valence-corrected chi connectivity index (χ4v) is 4.05. The van der Waals surface area contributed by atoms with Crippen LogP contribution < -0.4 is 5.32 Å². The summed E-state index contributed by atoms with van der Waals surface area (Å²) in [6, 6.07) is 5.19. The molecule has 17 heavy (non-hydrogen) atoms. The van der Waals surface area contributed by atoms with Gasteiger partial charge in [0.1, 0.15) is 0 Å². The maximum Gasteiger partial charge on any atom is 0.0367 e. The van der Waals surface area contributed by atoms with E-state index in [0.29, 0.717) is 17.2 Å². The van der Waals surface area contributed by atoms with E-state index in [9.17, 15) is 0 Å². The van der Waals surface area contributed by atoms with Gasteiger partial charge in [-0.05, 0) is 37.4 Å². The van der Waals surface area contributed by atoms with Crippen LogP contribution in [0, 0.1) is 19.8 Å². The summed E-state index contributed by atoms with van der Waals surface area (Å²) in [4.78, 5) is 1.51. The molecule has 1 aliphatic rings. The molecule has 1 aromatic carbocycles. The van der Waals surface area contributed by atoms with Gasteiger partial charge in [0.05, 0.1) is 0 Å². The summed E-state index contributed by atoms with van der Waals surface area (Å²) in [5, 5.41) is 4.35. The summed E-state index contributed by atoms with van der Waals surface area (Å²) in [6.45, 7) is 12.4. The van der Waals surface area contributed by atoms with Gasteiger partial charge >= 0.3 is 0 Å². The van der Waals surface area contributed by atoms with Crippen molar-refractivity contribution in [2.45, 2.75) is 50.8 Å². The van der Waals surface area contributed by atoms with Crippen molar-refractivity contribution in [1.29, 1.82) is 0 Å². The van der Waals surface area contributed by atoms with Crippen molar-refractivity contribution in [3.63, 3.8) is 0 Å². The molecule has 1 nitrogen and oxygen atoms in total. The highest BCUT2D eigenvalue weighted by Gasteiger charge is 2.32. The maximum atomic E-state index is 3.66. The van der Waals surface area contributed by atoms with Gasteiger partial charge in [-0.2, -0.15) is 0 Å². The average molecular weight is 249 g/mol. The number of nitrogens with one attached hydrogen (secondary N) is 1. The Labute approximate surface area is 109 Å². The molecule has 1 aromatic rings. The lowest BCUT2D eigenvalue weighted by Gasteiger charge is -2.37. The monoisotopic (exact) mass is 249 g/mol. The van der Waals surface area contributed by atoms with Crippen LogP contribution in [0.5, 0.6) is 0 Å². The van der Waals surface area contributed by atoms with Crippen LogP contribution in [0.15, 0.2) is 17.0 Å². The fraction of sp³-hybridized carbons (Fsp3) is 0.600. The summed E-state index contributed by atoms with van der Waals surface area (Å²) < 4.78 is 0. The summed E-state index contributed by atoms with van der Waals surface area (Å²) in [5.74, 6) is 0.689. The first-order chi connectivity index (χ1) is 8.04. The second kappa shape index (κ2) is 5.03. The second-order valence-electron chi connectivity index (χ2n) is 5.22. The Morgan fingerprint density at radius 3 is 2.59 bits per heavy atom. The molecule has 3 unspecified atom stereocenters. The number of aryl methyl sites for hydroxylation is 2. The van der Waals surface area contributed by atoms with Crippen LogP contribution in [0.1, 0.15) is 43.5 Å². The van der Waals surface area contributed by atoms with E-state index < -0.39 is 0 Å². The molecule has 0 saturated heterocycles. The molecule has 0 saturated carbocycles. The molecule has 0 aromatic heterocycles. The number of hydrogen-bond acceptors (Lipinski definition) is 2. The minimum atomic E-state index is 0.518. The number of rotatable bonds is 2. The zero-order chi connectivity index (χ0) is 12.6. The molecule has 2 rings (SSSR count). The quantitative estimate of drug-likeness (QED) is 0.847. The highest BCUT2D eigenvalue weighted by molar-refractivity contribution is 8.00. The predicted octanol–water partition coefficient (Wildman–Crippen LogP) is 4.08. The molecule has 0 aliphatic carbocycles. The van der Waals surface area contributed by atoms with Crippen molar-refractivity contribution < 1.29 is 0 Å². The smallest absolute Gasteiger partial charge is 0.0367 e. The molecular formula is C15H23NS. The van der Waals surface area contributed by atoms with Gasteiger partial charge in [-0.3, -0.25) is 0 Å². The van der Waals surface area contributed by atoms with E-state index in [-0.39, 0.29) is 0 Å². The Kier molecular flexibility index (Phi) is 3.84. The predicted molar refractivity (Wildman–Crippen MR) is 76.8 cm³/mol. The van der Waals surface area contributed by atoms with E-state index in [4.69, 9.17) is 0 Å². The van der Waals surface area contributed by atoms with E-state index in [2.05, 4.69) is 52.1 Å². The first-order valence-corrected chi connectivity index (χ1v) is 7.43. The van der Waals surface area contributed by atoms with Gasteiger partial charge in [0.25, 0.3) is 0 Å². The highest BCUT2D eigenvalue weighted by Crippen LogP contribution is 2.45. The van der Waals surface area contributed by atoms with Crippen LogP contribution in [-0.2, 0) is 0 Å². The second-order valence-corrected chi connectivity index (χ2v) is 6.61. The van der Waals surface area contributed by atoms with Crippen LogP contribution >= 0.6 is 11.8 Å². The van der Waals surface area contributed by atoms with Crippen molar-refractivity contribution in [3.8, 4) is 0 Å². The number of hydrogen-bond donors (Lipinski definition) is 1. The fourth-order valence-electron chi connectivity index (χ4n) is 2.74. The number of benzene rings is 1. The highest BCUT2D eigenvalue weighted by atomic mass is 32.2. The van der Waals surface area contributed by atoms with Gasteiger partial charge in [0.15, 0.2) is 0 Å². The lowest BCUT2D eigenvalue weighted by atomic mass is 9.89. The van der Waals surface area contributed by atoms with Gasteiger partial charge in [-0.25, -0.2) is 0 Å². The van der Waals surface area contributed by atoms with Crippen molar-refractivity contribution in [2.24, 2.45) is 5.92 Å². The third-order valence-electron chi connectivity index (χ3n) is 3.78. The SMILES string of the molecule is CCNC1c2cc(C)cc(C)c2SC(C)C1C. The standard InChI is InChI=1S/C15H23NS/c1-6-16-14-11(4)12(5)17-15-10(3)7-9(2)8-13(14)15/h7-8,11-12,14,16H,6H2,1-5H3. The van der Waals surface area contributed by atoms with Gasteiger partial charge in [0.2, 0.25) is 0 Å². The van der Waals surface area contributed by atoms with Gasteiger partial charge < -0.3 is 5.32 Å². The molecular weight excluding hydrogens is 226 g/mol. The Morgan fingerprint density at radius 2 is 1.94 bits per heavy atom. The summed E-state index contributed by atoms with van der Waals surface area (Å²) in [5.41, 5.74) is 4.33. The molecule has 0 amide bonds. The zero-order valence-electron chi connectivity index (χ0n) is 11.5. The summed E-state index contributed by atoms with van der Waals surface area (Å²) >= 11 is 2.04. The number of thioether (sulfide) groups is 1. The minimum absolute atomic E-state index is 0.518. The van der Waals surface area contributed by atoms with Crippen LogP contribution in [0.3, 0.4) is 0 Å². The van der Waals surface area contributed by atoms with E-state index >= 15 is 0 Å². The van der Waals surface area contributed by atoms with Gasteiger partial charge in [0, 0.05) is 16.2 Å². The van der Waals surface area contributed by atoms with Crippen LogP contribution in [-0.4, -0.2) is 11.8 Å². The molecule has 2 heteroatoms. The molecule has 1 heterocycles. The maximum absolute atomic E-state index is 3.66. The first kappa shape index (κ1) is 13.0. The molecule has 1 N–H and O–H groups in total. The van der Waals surface area contributed by atoms with Crippen molar-refractivity contribution in [3.05, 3.63) is 28.8 Å². The lowest BCUT2D eigenvalue weighted by molar-refractivity contribution is 0.379. The van der Waals surface area contributed by atoms with Crippen LogP contribution in [0.4, 0.5) is 0 Å². The summed E-state index contributed by atoms with van der Waals surface area (Å²) in [6.07, 6.45) is 0. The van der Waals surface area contributed by atoms with E-state index in [1.54, 1.807) is 0 Å². The third kappa shape index (κ3) is 2.38. The molecule has 0 radical (unpaired) electrons. The van der Waals surface area contributed by atoms with Gasteiger partial charge in [-0.1, -0.05) is 38.5 Å². The third-order valence-corrected chi connectivity index (χ3v) is 5.37. The number of fused-ring (bicyclic) bond motifs is 1. The first-order valence-electron chi connectivity index (χ1n) is 6.55. The minimum Gasteiger partial charge on any atom is -0.310 e. The molecule has 3 atom stereocenters. The van der Waals surface area contributed by atoms with Crippen LogP contribution in [0.25, 0.3) is 0 Å².